The molecule has 0 unspecified atom stereocenters. The number of hydrogen-bond donors (Lipinski definition) is 1. The number of benzene rings is 1. The maximum absolute atomic E-state index is 12.8. The number of amides is 3. The van der Waals surface area contributed by atoms with Crippen LogP contribution in [0.2, 0.25) is 0 Å². The Hall–Kier alpha value is -2.77. The lowest BCUT2D eigenvalue weighted by atomic mass is 10.1. The molecule has 1 aliphatic carbocycles. The molecule has 4 rings (SSSR count). The van der Waals surface area contributed by atoms with Gasteiger partial charge in [-0.2, -0.15) is 0 Å². The molecule has 0 atom stereocenters. The Morgan fingerprint density at radius 3 is 2.44 bits per heavy atom. The van der Waals surface area contributed by atoms with E-state index in [1.807, 2.05) is 0 Å². The van der Waals surface area contributed by atoms with Gasteiger partial charge in [-0.1, -0.05) is 12.8 Å². The summed E-state index contributed by atoms with van der Waals surface area (Å²) in [4.78, 5) is 40.2. The van der Waals surface area contributed by atoms with Gasteiger partial charge < -0.3 is 19.5 Å². The van der Waals surface area contributed by atoms with Crippen molar-refractivity contribution in [1.82, 2.24) is 19.7 Å². The molecule has 0 spiro atoms. The highest BCUT2D eigenvalue weighted by Crippen LogP contribution is 2.19. The number of oxazole rings is 1. The van der Waals surface area contributed by atoms with E-state index in [0.29, 0.717) is 48.9 Å². The van der Waals surface area contributed by atoms with Crippen molar-refractivity contribution in [3.63, 3.8) is 0 Å². The molecule has 1 N–H and O–H groups in total. The minimum absolute atomic E-state index is 0.0264. The van der Waals surface area contributed by atoms with Gasteiger partial charge >= 0.3 is 11.8 Å². The first-order valence-corrected chi connectivity index (χ1v) is 9.47. The van der Waals surface area contributed by atoms with Crippen LogP contribution in [0.5, 0.6) is 0 Å². The third-order valence-electron chi connectivity index (χ3n) is 5.58. The number of hydrogen-bond acceptors (Lipinski definition) is 4. The summed E-state index contributed by atoms with van der Waals surface area (Å²) in [6.07, 6.45) is 4.47. The normalized spacial score (nSPS) is 18.3. The number of aryl methyl sites for hydroxylation is 1. The summed E-state index contributed by atoms with van der Waals surface area (Å²) >= 11 is 0. The largest absolute Gasteiger partial charge is 0.419 e. The van der Waals surface area contributed by atoms with Gasteiger partial charge in [0.05, 0.1) is 5.52 Å². The summed E-state index contributed by atoms with van der Waals surface area (Å²) in [5, 5.41) is 3.09. The number of nitrogens with one attached hydrogen (secondary N) is 1. The standard InChI is InChI=1S/C19H24N4O4/c1-21-15-7-6-13(12-16(15)27-19(21)26)17(24)22-8-10-23(11-9-22)18(25)20-14-4-2-3-5-14/h6-7,12,14H,2-5,8-11H2,1H3,(H,20,25). The molecule has 1 aromatic heterocycles. The van der Waals surface area contributed by atoms with E-state index in [1.54, 1.807) is 35.0 Å². The predicted molar refractivity (Wildman–Crippen MR) is 99.7 cm³/mol. The van der Waals surface area contributed by atoms with Crippen LogP contribution < -0.4 is 11.1 Å². The van der Waals surface area contributed by atoms with Crippen molar-refractivity contribution in [1.29, 1.82) is 0 Å². The molecule has 1 aliphatic heterocycles. The van der Waals surface area contributed by atoms with E-state index >= 15 is 0 Å². The van der Waals surface area contributed by atoms with Gasteiger partial charge in [-0.3, -0.25) is 9.36 Å². The molecule has 1 aromatic carbocycles. The fraction of sp³-hybridized carbons (Fsp3) is 0.526. The maximum atomic E-state index is 12.8. The molecule has 2 heterocycles. The number of urea groups is 1. The number of carbonyl (C=O) groups excluding carboxylic acids is 2. The van der Waals surface area contributed by atoms with Crippen LogP contribution in [-0.2, 0) is 7.05 Å². The van der Waals surface area contributed by atoms with Crippen molar-refractivity contribution >= 4 is 23.0 Å². The van der Waals surface area contributed by atoms with Gasteiger partial charge in [0.25, 0.3) is 5.91 Å². The van der Waals surface area contributed by atoms with E-state index in [-0.39, 0.29) is 11.9 Å². The van der Waals surface area contributed by atoms with Crippen LogP contribution in [-0.4, -0.2) is 58.5 Å². The van der Waals surface area contributed by atoms with Crippen molar-refractivity contribution in [2.75, 3.05) is 26.2 Å². The molecule has 8 nitrogen and oxygen atoms in total. The Balaban J connectivity index is 1.38. The summed E-state index contributed by atoms with van der Waals surface area (Å²) in [5.41, 5.74) is 1.55. The highest BCUT2D eigenvalue weighted by molar-refractivity contribution is 5.97. The van der Waals surface area contributed by atoms with Crippen molar-refractivity contribution < 1.29 is 14.0 Å². The number of carbonyl (C=O) groups is 2. The maximum Gasteiger partial charge on any atom is 0.419 e. The van der Waals surface area contributed by atoms with Gasteiger partial charge in [-0.15, -0.1) is 0 Å². The van der Waals surface area contributed by atoms with E-state index in [0.717, 1.165) is 12.8 Å². The monoisotopic (exact) mass is 372 g/mol. The molecule has 144 valence electrons. The Bertz CT molecular complexity index is 917. The van der Waals surface area contributed by atoms with Gasteiger partial charge in [0.1, 0.15) is 0 Å². The zero-order chi connectivity index (χ0) is 19.0. The third kappa shape index (κ3) is 3.43. The summed E-state index contributed by atoms with van der Waals surface area (Å²) in [7, 11) is 1.63. The number of fused-ring (bicyclic) bond motifs is 1. The molecule has 1 saturated heterocycles. The average molecular weight is 372 g/mol. The van der Waals surface area contributed by atoms with Crippen LogP contribution in [0, 0.1) is 0 Å². The number of aromatic nitrogens is 1. The molecular weight excluding hydrogens is 348 g/mol. The SMILES string of the molecule is Cn1c(=O)oc2cc(C(=O)N3CCN(C(=O)NC4CCCC4)CC3)ccc21. The minimum Gasteiger partial charge on any atom is -0.408 e. The molecule has 2 fully saturated rings. The summed E-state index contributed by atoms with van der Waals surface area (Å²) in [5.74, 6) is -0.559. The first kappa shape index (κ1) is 17.6. The molecule has 0 radical (unpaired) electrons. The van der Waals surface area contributed by atoms with Crippen LogP contribution in [0.15, 0.2) is 27.4 Å². The first-order valence-electron chi connectivity index (χ1n) is 9.47. The third-order valence-corrected chi connectivity index (χ3v) is 5.58. The predicted octanol–water partition coefficient (Wildman–Crippen LogP) is 1.54. The smallest absolute Gasteiger partial charge is 0.408 e. The van der Waals surface area contributed by atoms with Crippen LogP contribution in [0.3, 0.4) is 0 Å². The van der Waals surface area contributed by atoms with E-state index in [9.17, 15) is 14.4 Å². The second kappa shape index (κ2) is 7.09. The molecule has 27 heavy (non-hydrogen) atoms. The molecule has 8 heteroatoms. The zero-order valence-electron chi connectivity index (χ0n) is 15.4. The summed E-state index contributed by atoms with van der Waals surface area (Å²) < 4.78 is 6.57. The molecule has 0 bridgehead atoms. The zero-order valence-corrected chi connectivity index (χ0v) is 15.4. The average Bonchev–Trinajstić information content (AvgIpc) is 3.29. The Morgan fingerprint density at radius 1 is 1.07 bits per heavy atom. The van der Waals surface area contributed by atoms with Gasteiger partial charge in [-0.05, 0) is 31.0 Å². The Kier molecular flexibility index (Phi) is 4.63. The fourth-order valence-electron chi connectivity index (χ4n) is 3.90. The van der Waals surface area contributed by atoms with Crippen LogP contribution >= 0.6 is 0 Å². The highest BCUT2D eigenvalue weighted by atomic mass is 16.4. The number of piperazine rings is 1. The van der Waals surface area contributed by atoms with Crippen LogP contribution in [0.25, 0.3) is 11.1 Å². The second-order valence-corrected chi connectivity index (χ2v) is 7.32. The molecule has 3 amide bonds. The lowest BCUT2D eigenvalue weighted by Gasteiger charge is -2.35. The quantitative estimate of drug-likeness (QED) is 0.866. The van der Waals surface area contributed by atoms with E-state index in [1.165, 1.54) is 17.4 Å². The number of rotatable bonds is 2. The molecular formula is C19H24N4O4. The Labute approximate surface area is 156 Å². The fourth-order valence-corrected chi connectivity index (χ4v) is 3.90. The van der Waals surface area contributed by atoms with E-state index in [4.69, 9.17) is 4.42 Å². The van der Waals surface area contributed by atoms with Gasteiger partial charge in [0.15, 0.2) is 5.58 Å². The van der Waals surface area contributed by atoms with Crippen molar-refractivity contribution in [3.05, 3.63) is 34.3 Å². The van der Waals surface area contributed by atoms with Crippen LogP contribution in [0.4, 0.5) is 4.79 Å². The minimum atomic E-state index is -0.448. The first-order chi connectivity index (χ1) is 13.0. The lowest BCUT2D eigenvalue weighted by Crippen LogP contribution is -2.54. The van der Waals surface area contributed by atoms with Gasteiger partial charge in [-0.25, -0.2) is 9.59 Å². The summed E-state index contributed by atoms with van der Waals surface area (Å²) in [6, 6.07) is 5.31. The van der Waals surface area contributed by atoms with Crippen molar-refractivity contribution in [3.8, 4) is 0 Å². The van der Waals surface area contributed by atoms with Crippen LogP contribution in [0.1, 0.15) is 36.0 Å². The molecule has 2 aliphatic rings. The summed E-state index contributed by atoms with van der Waals surface area (Å²) in [6.45, 7) is 2.03. The Morgan fingerprint density at radius 2 is 1.74 bits per heavy atom. The van der Waals surface area contributed by atoms with E-state index in [2.05, 4.69) is 5.32 Å². The molecule has 2 aromatic rings. The lowest BCUT2D eigenvalue weighted by molar-refractivity contribution is 0.0663. The van der Waals surface area contributed by atoms with Crippen molar-refractivity contribution in [2.24, 2.45) is 7.05 Å². The van der Waals surface area contributed by atoms with Gasteiger partial charge in [0, 0.05) is 44.8 Å². The van der Waals surface area contributed by atoms with Gasteiger partial charge in [0.2, 0.25) is 0 Å². The second-order valence-electron chi connectivity index (χ2n) is 7.32. The van der Waals surface area contributed by atoms with E-state index < -0.39 is 5.76 Å². The topological polar surface area (TPSA) is 87.8 Å². The van der Waals surface area contributed by atoms with Crippen molar-refractivity contribution in [2.45, 2.75) is 31.7 Å². The highest BCUT2D eigenvalue weighted by Gasteiger charge is 2.27. The number of nitrogens with zero attached hydrogens (tertiary/aromatic N) is 3. The molecule has 1 saturated carbocycles.